The van der Waals surface area contributed by atoms with E-state index in [4.69, 9.17) is 23.7 Å². The number of phenolic OH excluding ortho intramolecular Hbond substituents is 1. The lowest BCUT2D eigenvalue weighted by Crippen LogP contribution is -2.23. The number of nitrogens with zero attached hydrogens (tertiary/aromatic N) is 2. The first-order valence-electron chi connectivity index (χ1n) is 19.2. The summed E-state index contributed by atoms with van der Waals surface area (Å²) in [4.78, 5) is 24.5. The number of ether oxygens (including phenoxy) is 5. The number of hydrogen-bond acceptors (Lipinski definition) is 12. The van der Waals surface area contributed by atoms with E-state index >= 15 is 0 Å². The number of benzene rings is 2. The highest BCUT2D eigenvalue weighted by Crippen LogP contribution is 2.47. The third kappa shape index (κ3) is 11.7. The van der Waals surface area contributed by atoms with Crippen LogP contribution in [0.15, 0.2) is 23.3 Å². The van der Waals surface area contributed by atoms with Gasteiger partial charge in [0.05, 0.1) is 47.2 Å². The van der Waals surface area contributed by atoms with Crippen molar-refractivity contribution in [2.24, 2.45) is 0 Å². The van der Waals surface area contributed by atoms with Crippen molar-refractivity contribution in [3.63, 3.8) is 0 Å². The SMILES string of the molecule is COc1c(C)c2c(c(O)c1C/C=C(\C)CC(C#N)P(C)(C)=O)C(=O)OC2.COc1c(C)c2c(c(OCC[Si](C)(C)C)c1C/C=C(\C)CC(C#N)P(C)(C)=O)C(=O)OC2. The summed E-state index contributed by atoms with van der Waals surface area (Å²) in [5.74, 6) is 0.744. The van der Waals surface area contributed by atoms with E-state index in [0.717, 1.165) is 39.4 Å². The summed E-state index contributed by atoms with van der Waals surface area (Å²) in [5, 5.41) is 29.2. The second-order valence-corrected chi connectivity index (χ2v) is 29.7. The van der Waals surface area contributed by atoms with Gasteiger partial charge in [-0.25, -0.2) is 9.59 Å². The van der Waals surface area contributed by atoms with Gasteiger partial charge in [-0.1, -0.05) is 42.9 Å². The molecule has 12 nitrogen and oxygen atoms in total. The summed E-state index contributed by atoms with van der Waals surface area (Å²) in [6.07, 6.45) is 5.53. The van der Waals surface area contributed by atoms with E-state index in [2.05, 4.69) is 31.8 Å². The normalized spacial score (nSPS) is 15.2. The van der Waals surface area contributed by atoms with Gasteiger partial charge in [0.2, 0.25) is 0 Å². The summed E-state index contributed by atoms with van der Waals surface area (Å²) in [7, 11) is -3.22. The van der Waals surface area contributed by atoms with Crippen LogP contribution in [0.5, 0.6) is 23.0 Å². The second kappa shape index (κ2) is 19.6. The molecule has 2 unspecified atom stereocenters. The molecule has 0 spiro atoms. The molecule has 2 heterocycles. The number of aromatic hydroxyl groups is 1. The van der Waals surface area contributed by atoms with Gasteiger partial charge in [-0.15, -0.1) is 0 Å². The van der Waals surface area contributed by atoms with Gasteiger partial charge in [0.1, 0.15) is 58.7 Å². The average Bonchev–Trinajstić information content (AvgIpc) is 3.72. The fourth-order valence-corrected chi connectivity index (χ4v) is 9.52. The van der Waals surface area contributed by atoms with Crippen molar-refractivity contribution in [3.8, 4) is 35.1 Å². The number of cyclic esters (lactones) is 2. The molecule has 2 aromatic rings. The van der Waals surface area contributed by atoms with Crippen molar-refractivity contribution in [2.45, 2.75) is 104 Å². The molecule has 2 aromatic carbocycles. The summed E-state index contributed by atoms with van der Waals surface area (Å²) >= 11 is 0. The van der Waals surface area contributed by atoms with Crippen molar-refractivity contribution in [1.82, 2.24) is 0 Å². The molecule has 0 aliphatic carbocycles. The number of nitriles is 2. The van der Waals surface area contributed by atoms with E-state index in [1.165, 1.54) is 7.11 Å². The Bertz CT molecular complexity index is 2160. The zero-order valence-corrected chi connectivity index (χ0v) is 39.2. The molecule has 2 aliphatic heterocycles. The summed E-state index contributed by atoms with van der Waals surface area (Å²) in [6.45, 7) is 21.8. The van der Waals surface area contributed by atoms with Gasteiger partial charge in [0.25, 0.3) is 0 Å². The van der Waals surface area contributed by atoms with Crippen molar-refractivity contribution < 1.29 is 47.5 Å². The molecule has 2 aliphatic rings. The molecule has 0 fully saturated rings. The molecule has 0 radical (unpaired) electrons. The van der Waals surface area contributed by atoms with E-state index in [0.29, 0.717) is 66.2 Å². The van der Waals surface area contributed by atoms with Crippen LogP contribution in [0.25, 0.3) is 0 Å². The Morgan fingerprint density at radius 2 is 1.19 bits per heavy atom. The van der Waals surface area contributed by atoms with Gasteiger partial charge >= 0.3 is 11.9 Å². The number of fused-ring (bicyclic) bond motifs is 2. The zero-order chi connectivity index (χ0) is 43.9. The minimum absolute atomic E-state index is 0.123. The summed E-state index contributed by atoms with van der Waals surface area (Å²) in [6, 6.07) is 5.27. The molecule has 58 heavy (non-hydrogen) atoms. The van der Waals surface area contributed by atoms with E-state index in [9.17, 15) is 34.3 Å². The molecule has 1 N–H and O–H groups in total. The topological polar surface area (TPSA) is 182 Å². The lowest BCUT2D eigenvalue weighted by molar-refractivity contribution is 0.0523. The fraction of sp³-hybridized carbons (Fsp3) is 0.535. The monoisotopic (exact) mass is 854 g/mol. The first-order valence-corrected chi connectivity index (χ1v) is 28.3. The van der Waals surface area contributed by atoms with Crippen LogP contribution in [0.1, 0.15) is 80.8 Å². The summed E-state index contributed by atoms with van der Waals surface area (Å²) < 4.78 is 52.3. The Hall–Kier alpha value is -4.28. The van der Waals surface area contributed by atoms with Crippen molar-refractivity contribution in [3.05, 3.63) is 67.8 Å². The van der Waals surface area contributed by atoms with Gasteiger partial charge in [-0.2, -0.15) is 10.5 Å². The van der Waals surface area contributed by atoms with Gasteiger partial charge in [0, 0.05) is 30.3 Å². The molecule has 0 aromatic heterocycles. The first-order chi connectivity index (χ1) is 26.9. The summed E-state index contributed by atoms with van der Waals surface area (Å²) in [5.41, 5.74) is 5.95. The van der Waals surface area contributed by atoms with Crippen LogP contribution < -0.4 is 14.2 Å². The molecule has 0 saturated heterocycles. The lowest BCUT2D eigenvalue weighted by Gasteiger charge is -2.21. The maximum absolute atomic E-state index is 12.6. The molecular formula is C43H60N2O10P2Si. The lowest BCUT2D eigenvalue weighted by atomic mass is 9.94. The van der Waals surface area contributed by atoms with Crippen molar-refractivity contribution in [1.29, 1.82) is 10.5 Å². The van der Waals surface area contributed by atoms with Gasteiger partial charge in [-0.05, 0) is 97.2 Å². The Morgan fingerprint density at radius 1 is 0.776 bits per heavy atom. The number of methoxy groups -OCH3 is 2. The fourth-order valence-electron chi connectivity index (χ4n) is 6.79. The average molecular weight is 855 g/mol. The van der Waals surface area contributed by atoms with Crippen LogP contribution >= 0.6 is 14.3 Å². The Morgan fingerprint density at radius 3 is 1.60 bits per heavy atom. The van der Waals surface area contributed by atoms with E-state index in [-0.39, 0.29) is 30.5 Å². The Kier molecular flexibility index (Phi) is 16.3. The number of hydrogen-bond donors (Lipinski definition) is 1. The minimum Gasteiger partial charge on any atom is -0.507 e. The highest BCUT2D eigenvalue weighted by Gasteiger charge is 2.34. The molecular weight excluding hydrogens is 795 g/mol. The third-order valence-corrected chi connectivity index (χ3v) is 15.8. The maximum Gasteiger partial charge on any atom is 0.342 e. The standard InChI is InChI=1S/C24H36NO5PSi.C19H24NO5P/c1-16(13-18(14-25)31(4,5)27)9-10-19-22(28-3)17(2)20-15-30-24(26)21(20)23(19)29-11-12-32(6,7)8;1-11(8-13(9-20)26(4,5)23)6-7-14-17(21)16-15(10-25-19(16)22)12(2)18(14)24-3/h9,18H,10-13,15H2,1-8H3;6,13,21H,7-8,10H2,1-5H3/b16-9+;11-6+. The zero-order valence-electron chi connectivity index (χ0n) is 36.4. The largest absolute Gasteiger partial charge is 0.507 e. The molecule has 0 bridgehead atoms. The van der Waals surface area contributed by atoms with Gasteiger partial charge < -0.3 is 37.9 Å². The smallest absolute Gasteiger partial charge is 0.342 e. The van der Waals surface area contributed by atoms with Crippen LogP contribution in [0.3, 0.4) is 0 Å². The predicted octanol–water partition coefficient (Wildman–Crippen LogP) is 9.56. The van der Waals surface area contributed by atoms with E-state index in [1.807, 2.05) is 39.8 Å². The molecule has 4 rings (SSSR count). The number of esters is 2. The second-order valence-electron chi connectivity index (χ2n) is 17.0. The van der Waals surface area contributed by atoms with Crippen molar-refractivity contribution in [2.75, 3.05) is 47.5 Å². The number of carbonyl (C=O) groups is 2. The van der Waals surface area contributed by atoms with Crippen LogP contribution in [0, 0.1) is 36.5 Å². The molecule has 15 heteroatoms. The molecule has 0 amide bonds. The number of carbonyl (C=O) groups excluding carboxylic acids is 2. The highest BCUT2D eigenvalue weighted by molar-refractivity contribution is 7.63. The van der Waals surface area contributed by atoms with Gasteiger partial charge in [-0.3, -0.25) is 0 Å². The minimum atomic E-state index is -2.52. The Balaban J connectivity index is 0.000000317. The van der Waals surface area contributed by atoms with Crippen LogP contribution in [-0.2, 0) is 44.7 Å². The highest BCUT2D eigenvalue weighted by atomic mass is 31.2. The number of phenols is 1. The van der Waals surface area contributed by atoms with Crippen LogP contribution in [0.2, 0.25) is 25.7 Å². The number of allylic oxidation sites excluding steroid dienone is 4. The number of rotatable bonds is 16. The Labute approximate surface area is 345 Å². The quantitative estimate of drug-likeness (QED) is 0.0732. The van der Waals surface area contributed by atoms with Crippen LogP contribution in [0.4, 0.5) is 0 Å². The molecule has 2 atom stereocenters. The van der Waals surface area contributed by atoms with E-state index in [1.54, 1.807) is 33.8 Å². The molecule has 0 saturated carbocycles. The van der Waals surface area contributed by atoms with E-state index < -0.39 is 39.6 Å². The molecule has 316 valence electrons. The van der Waals surface area contributed by atoms with Crippen molar-refractivity contribution >= 4 is 34.3 Å². The van der Waals surface area contributed by atoms with Crippen LogP contribution in [-0.4, -0.2) is 83.9 Å². The predicted molar refractivity (Wildman–Crippen MR) is 231 cm³/mol. The maximum atomic E-state index is 12.6. The van der Waals surface area contributed by atoms with Gasteiger partial charge in [0.15, 0.2) is 0 Å². The first kappa shape index (κ1) is 48.1. The third-order valence-electron chi connectivity index (χ3n) is 10.5.